The van der Waals surface area contributed by atoms with Crippen LogP contribution >= 0.6 is 7.26 Å². The van der Waals surface area contributed by atoms with Crippen LogP contribution in [0.2, 0.25) is 0 Å². The molecule has 33 heavy (non-hydrogen) atoms. The second kappa shape index (κ2) is 24.6. The Morgan fingerprint density at radius 1 is 0.485 bits per heavy atom. The highest BCUT2D eigenvalue weighted by atomic mass is 31.2. The van der Waals surface area contributed by atoms with E-state index in [0.717, 1.165) is 0 Å². The highest BCUT2D eigenvalue weighted by molar-refractivity contribution is 7.75. The van der Waals surface area contributed by atoms with Crippen LogP contribution in [-0.4, -0.2) is 25.2 Å². The summed E-state index contributed by atoms with van der Waals surface area (Å²) < 4.78 is 0. The Morgan fingerprint density at radius 2 is 0.788 bits per heavy atom. The highest BCUT2D eigenvalue weighted by Gasteiger charge is 2.29. The molecule has 0 spiro atoms. The molecule has 0 fully saturated rings. The number of hydrogen-bond acceptors (Lipinski definition) is 1. The SMILES string of the molecule is CCCCCCCC[P+](C)(CCCCCCCC)CCCCCCCC.[O-]c1ccccc1. The summed E-state index contributed by atoms with van der Waals surface area (Å²) in [5.74, 6) is 0.0718. The zero-order valence-electron chi connectivity index (χ0n) is 23.1. The second-order valence-electron chi connectivity index (χ2n) is 10.4. The lowest BCUT2D eigenvalue weighted by molar-refractivity contribution is -0.268. The fraction of sp³-hybridized carbons (Fsp3) is 0.806. The Morgan fingerprint density at radius 3 is 1.06 bits per heavy atom. The molecule has 0 saturated heterocycles. The van der Waals surface area contributed by atoms with Crippen LogP contribution in [-0.2, 0) is 0 Å². The first-order chi connectivity index (χ1) is 16.1. The monoisotopic (exact) mass is 478 g/mol. The molecule has 0 aliphatic rings. The number of unbranched alkanes of at least 4 members (excludes halogenated alkanes) is 15. The number of benzene rings is 1. The highest BCUT2D eigenvalue weighted by Crippen LogP contribution is 2.57. The van der Waals surface area contributed by atoms with Gasteiger partial charge in [-0.05, 0) is 38.5 Å². The fourth-order valence-corrected chi connectivity index (χ4v) is 8.21. The predicted molar refractivity (Wildman–Crippen MR) is 153 cm³/mol. The summed E-state index contributed by atoms with van der Waals surface area (Å²) in [7, 11) is -0.636. The number of hydrogen-bond donors (Lipinski definition) is 0. The molecule has 0 amide bonds. The molecular weight excluding hydrogens is 419 g/mol. The molecule has 0 aliphatic heterocycles. The van der Waals surface area contributed by atoms with Crippen molar-refractivity contribution in [1.29, 1.82) is 0 Å². The van der Waals surface area contributed by atoms with Crippen molar-refractivity contribution in [2.45, 2.75) is 136 Å². The van der Waals surface area contributed by atoms with Gasteiger partial charge in [0.1, 0.15) is 0 Å². The van der Waals surface area contributed by atoms with Crippen molar-refractivity contribution in [2.75, 3.05) is 25.2 Å². The van der Waals surface area contributed by atoms with Gasteiger partial charge < -0.3 is 5.11 Å². The fourth-order valence-electron chi connectivity index (χ4n) is 4.58. The van der Waals surface area contributed by atoms with E-state index in [1.54, 1.807) is 30.6 Å². The van der Waals surface area contributed by atoms with Gasteiger partial charge in [-0.25, -0.2) is 0 Å². The van der Waals surface area contributed by atoms with Gasteiger partial charge in [0, 0.05) is 13.9 Å². The molecule has 1 nitrogen and oxygen atoms in total. The Bertz CT molecular complexity index is 446. The van der Waals surface area contributed by atoms with E-state index < -0.39 is 7.26 Å². The zero-order valence-corrected chi connectivity index (χ0v) is 24.0. The summed E-state index contributed by atoms with van der Waals surface area (Å²) in [5, 5.41) is 10.3. The van der Waals surface area contributed by atoms with Crippen molar-refractivity contribution < 1.29 is 5.11 Å². The number of rotatable bonds is 21. The van der Waals surface area contributed by atoms with Crippen LogP contribution in [0.25, 0.3) is 0 Å². The zero-order chi connectivity index (χ0) is 24.5. The molecule has 0 saturated carbocycles. The van der Waals surface area contributed by atoms with E-state index >= 15 is 0 Å². The molecule has 0 bridgehead atoms. The molecular formula is C31H59OP. The Labute approximate surface area is 209 Å². The molecule has 0 aromatic heterocycles. The maximum atomic E-state index is 10.3. The van der Waals surface area contributed by atoms with Gasteiger partial charge >= 0.3 is 0 Å². The van der Waals surface area contributed by atoms with Crippen LogP contribution in [0.4, 0.5) is 0 Å². The minimum absolute atomic E-state index is 0.0718. The van der Waals surface area contributed by atoms with Gasteiger partial charge in [-0.15, -0.1) is 5.75 Å². The largest absolute Gasteiger partial charge is 0.872 e. The van der Waals surface area contributed by atoms with Gasteiger partial charge in [0.25, 0.3) is 0 Å². The molecule has 0 unspecified atom stereocenters. The summed E-state index contributed by atoms with van der Waals surface area (Å²) in [6, 6.07) is 8.33. The first-order valence-corrected chi connectivity index (χ1v) is 17.4. The van der Waals surface area contributed by atoms with Crippen molar-refractivity contribution in [1.82, 2.24) is 0 Å². The maximum absolute atomic E-state index is 10.3. The van der Waals surface area contributed by atoms with Crippen LogP contribution in [0.5, 0.6) is 5.75 Å². The molecule has 1 rings (SSSR count). The molecule has 194 valence electrons. The normalized spacial score (nSPS) is 11.3. The van der Waals surface area contributed by atoms with Crippen LogP contribution in [0, 0.1) is 0 Å². The third-order valence-electron chi connectivity index (χ3n) is 6.90. The Hall–Kier alpha value is -0.550. The van der Waals surface area contributed by atoms with E-state index in [1.807, 2.05) is 6.07 Å². The van der Waals surface area contributed by atoms with Crippen molar-refractivity contribution in [2.24, 2.45) is 0 Å². The molecule has 0 radical (unpaired) electrons. The van der Waals surface area contributed by atoms with Crippen LogP contribution in [0.3, 0.4) is 0 Å². The van der Waals surface area contributed by atoms with E-state index in [0.29, 0.717) is 0 Å². The average Bonchev–Trinajstić information content (AvgIpc) is 2.82. The Kier molecular flexibility index (Phi) is 24.2. The van der Waals surface area contributed by atoms with E-state index in [1.165, 1.54) is 128 Å². The van der Waals surface area contributed by atoms with E-state index in [-0.39, 0.29) is 5.75 Å². The quantitative estimate of drug-likeness (QED) is 0.127. The summed E-state index contributed by atoms with van der Waals surface area (Å²) in [4.78, 5) is 0. The van der Waals surface area contributed by atoms with Crippen molar-refractivity contribution in [3.8, 4) is 5.75 Å². The summed E-state index contributed by atoms with van der Waals surface area (Å²) in [6.07, 6.45) is 31.2. The first kappa shape index (κ1) is 32.5. The predicted octanol–water partition coefficient (Wildman–Crippen LogP) is 10.5. The van der Waals surface area contributed by atoms with E-state index in [2.05, 4.69) is 27.4 Å². The summed E-state index contributed by atoms with van der Waals surface area (Å²) >= 11 is 0. The van der Waals surface area contributed by atoms with Crippen LogP contribution in [0.1, 0.15) is 136 Å². The molecule has 0 heterocycles. The lowest BCUT2D eigenvalue weighted by atomic mass is 10.1. The van der Waals surface area contributed by atoms with E-state index in [4.69, 9.17) is 0 Å². The van der Waals surface area contributed by atoms with Gasteiger partial charge in [0.15, 0.2) is 0 Å². The minimum Gasteiger partial charge on any atom is -0.872 e. The number of para-hydroxylation sites is 1. The smallest absolute Gasteiger partial charge is 0.0591 e. The van der Waals surface area contributed by atoms with Crippen molar-refractivity contribution >= 4 is 7.26 Å². The summed E-state index contributed by atoms with van der Waals surface area (Å²) in [5.41, 5.74) is 0. The van der Waals surface area contributed by atoms with E-state index in [9.17, 15) is 5.11 Å². The summed E-state index contributed by atoms with van der Waals surface area (Å²) in [6.45, 7) is 9.70. The van der Waals surface area contributed by atoms with Gasteiger partial charge in [0.05, 0.1) is 18.5 Å². The van der Waals surface area contributed by atoms with Crippen LogP contribution in [0.15, 0.2) is 30.3 Å². The lowest BCUT2D eigenvalue weighted by Gasteiger charge is -2.24. The molecule has 1 aromatic rings. The third kappa shape index (κ3) is 23.0. The average molecular weight is 479 g/mol. The second-order valence-corrected chi connectivity index (χ2v) is 15.0. The maximum Gasteiger partial charge on any atom is 0.0591 e. The molecule has 2 heteroatoms. The lowest BCUT2D eigenvalue weighted by Crippen LogP contribution is -2.08. The van der Waals surface area contributed by atoms with Crippen LogP contribution < -0.4 is 5.11 Å². The van der Waals surface area contributed by atoms with Gasteiger partial charge in [-0.2, -0.15) is 0 Å². The Balaban J connectivity index is 0.00000123. The topological polar surface area (TPSA) is 23.1 Å². The van der Waals surface area contributed by atoms with Crippen molar-refractivity contribution in [3.05, 3.63) is 30.3 Å². The van der Waals surface area contributed by atoms with Gasteiger partial charge in [-0.1, -0.05) is 128 Å². The molecule has 1 aromatic carbocycles. The van der Waals surface area contributed by atoms with Gasteiger partial charge in [-0.3, -0.25) is 0 Å². The standard InChI is InChI=1S/C25H54P.C6H6O/c1-5-8-11-14-17-20-23-26(4,24-21-18-15-12-9-6-2)25-22-19-16-13-10-7-3;7-6-4-2-1-3-5-6/h5-25H2,1-4H3;1-5,7H/q+1;/p-1. The molecule has 0 aliphatic carbocycles. The minimum atomic E-state index is -0.636. The third-order valence-corrected chi connectivity index (χ3v) is 11.1. The first-order valence-electron chi connectivity index (χ1n) is 14.6. The van der Waals surface area contributed by atoms with Crippen molar-refractivity contribution in [3.63, 3.8) is 0 Å². The van der Waals surface area contributed by atoms with Gasteiger partial charge in [0.2, 0.25) is 0 Å². The molecule has 0 N–H and O–H groups in total. The molecule has 0 atom stereocenters.